The number of nitrogens with one attached hydrogen (secondary N) is 1. The van der Waals surface area contributed by atoms with Crippen molar-refractivity contribution in [2.45, 2.75) is 26.8 Å². The lowest BCUT2D eigenvalue weighted by Crippen LogP contribution is -2.45. The van der Waals surface area contributed by atoms with Gasteiger partial charge in [-0.05, 0) is 68.3 Å². The van der Waals surface area contributed by atoms with Crippen LogP contribution in [0.5, 0.6) is 0 Å². The maximum atomic E-state index is 12.9. The highest BCUT2D eigenvalue weighted by Crippen LogP contribution is 2.25. The summed E-state index contributed by atoms with van der Waals surface area (Å²) in [5, 5.41) is 2.84. The third kappa shape index (κ3) is 5.31. The Balaban J connectivity index is 1.77. The van der Waals surface area contributed by atoms with Crippen molar-refractivity contribution in [3.8, 4) is 0 Å². The van der Waals surface area contributed by atoms with Crippen LogP contribution >= 0.6 is 0 Å². The predicted octanol–water partition coefficient (Wildman–Crippen LogP) is 2.93. The van der Waals surface area contributed by atoms with Crippen molar-refractivity contribution < 1.29 is 17.9 Å². The summed E-state index contributed by atoms with van der Waals surface area (Å²) in [4.78, 5) is 15.1. The van der Waals surface area contributed by atoms with Gasteiger partial charge in [0.25, 0.3) is 0 Å². The molecule has 1 aliphatic rings. The standard InChI is InChI=1S/C22H29N3O4S/c1-16-13-17(2)15-21(14-16)25(30(4,27)28)18(3)22(26)23-19-5-7-20(8-6-19)24-9-11-29-12-10-24/h5-8,13-15,18H,9-12H2,1-4H3,(H,23,26)/t18-/m1/s1. The van der Waals surface area contributed by atoms with Crippen molar-refractivity contribution >= 4 is 33.0 Å². The van der Waals surface area contributed by atoms with Gasteiger partial charge in [-0.1, -0.05) is 6.07 Å². The molecule has 0 spiro atoms. The molecule has 1 N–H and O–H groups in total. The van der Waals surface area contributed by atoms with Crippen molar-refractivity contribution in [3.05, 3.63) is 53.6 Å². The minimum Gasteiger partial charge on any atom is -0.378 e. The lowest BCUT2D eigenvalue weighted by molar-refractivity contribution is -0.116. The van der Waals surface area contributed by atoms with Crippen molar-refractivity contribution in [1.29, 1.82) is 0 Å². The van der Waals surface area contributed by atoms with E-state index in [4.69, 9.17) is 4.74 Å². The first-order valence-corrected chi connectivity index (χ1v) is 11.8. The average Bonchev–Trinajstić information content (AvgIpc) is 2.67. The molecule has 1 fully saturated rings. The second-order valence-corrected chi connectivity index (χ2v) is 9.58. The molecule has 1 amide bonds. The highest BCUT2D eigenvalue weighted by Gasteiger charge is 2.29. The van der Waals surface area contributed by atoms with Crippen LogP contribution in [0.25, 0.3) is 0 Å². The fourth-order valence-electron chi connectivity index (χ4n) is 3.71. The van der Waals surface area contributed by atoms with Crippen LogP contribution < -0.4 is 14.5 Å². The van der Waals surface area contributed by atoms with Gasteiger partial charge >= 0.3 is 0 Å². The van der Waals surface area contributed by atoms with E-state index in [1.807, 2.05) is 44.2 Å². The molecule has 0 aromatic heterocycles. The molecule has 0 saturated carbocycles. The fraction of sp³-hybridized carbons (Fsp3) is 0.409. The van der Waals surface area contributed by atoms with Crippen LogP contribution in [0.3, 0.4) is 0 Å². The molecular weight excluding hydrogens is 402 g/mol. The van der Waals surface area contributed by atoms with Crippen LogP contribution in [-0.2, 0) is 19.6 Å². The van der Waals surface area contributed by atoms with E-state index in [0.717, 1.165) is 36.2 Å². The van der Waals surface area contributed by atoms with E-state index >= 15 is 0 Å². The third-order valence-corrected chi connectivity index (χ3v) is 6.30. The number of sulfonamides is 1. The molecular formula is C22H29N3O4S. The summed E-state index contributed by atoms with van der Waals surface area (Å²) >= 11 is 0. The Bertz CT molecular complexity index is 979. The molecule has 1 aliphatic heterocycles. The van der Waals surface area contributed by atoms with Gasteiger partial charge in [-0.15, -0.1) is 0 Å². The summed E-state index contributed by atoms with van der Waals surface area (Å²) < 4.78 is 31.5. The minimum atomic E-state index is -3.66. The van der Waals surface area contributed by atoms with Crippen LogP contribution in [-0.4, -0.2) is 52.9 Å². The normalized spacial score (nSPS) is 15.5. The molecule has 162 valence electrons. The lowest BCUT2D eigenvalue weighted by Gasteiger charge is -2.29. The Hall–Kier alpha value is -2.58. The molecule has 0 unspecified atom stereocenters. The SMILES string of the molecule is Cc1cc(C)cc(N([C@H](C)C(=O)Nc2ccc(N3CCOCC3)cc2)S(C)(=O)=O)c1. The number of amides is 1. The third-order valence-electron chi connectivity index (χ3n) is 5.06. The number of rotatable bonds is 6. The Labute approximate surface area is 178 Å². The number of carbonyl (C=O) groups excluding carboxylic acids is 1. The van der Waals surface area contributed by atoms with Gasteiger partial charge in [-0.2, -0.15) is 0 Å². The van der Waals surface area contributed by atoms with Gasteiger partial charge in [-0.3, -0.25) is 9.10 Å². The number of carbonyl (C=O) groups is 1. The van der Waals surface area contributed by atoms with Crippen molar-refractivity contribution in [2.75, 3.05) is 47.1 Å². The fourth-order valence-corrected chi connectivity index (χ4v) is 4.87. The van der Waals surface area contributed by atoms with Crippen LogP contribution in [0, 0.1) is 13.8 Å². The smallest absolute Gasteiger partial charge is 0.247 e. The van der Waals surface area contributed by atoms with Crippen molar-refractivity contribution in [2.24, 2.45) is 0 Å². The van der Waals surface area contributed by atoms with Crippen molar-refractivity contribution in [1.82, 2.24) is 0 Å². The van der Waals surface area contributed by atoms with E-state index < -0.39 is 22.0 Å². The molecule has 0 radical (unpaired) electrons. The molecule has 1 atom stereocenters. The highest BCUT2D eigenvalue weighted by molar-refractivity contribution is 7.92. The van der Waals surface area contributed by atoms with E-state index in [1.54, 1.807) is 19.1 Å². The van der Waals surface area contributed by atoms with Gasteiger partial charge < -0.3 is 15.0 Å². The first-order chi connectivity index (χ1) is 14.1. The molecule has 0 aliphatic carbocycles. The molecule has 8 heteroatoms. The molecule has 1 saturated heterocycles. The number of benzene rings is 2. The maximum absolute atomic E-state index is 12.9. The van der Waals surface area contributed by atoms with Gasteiger partial charge in [0.2, 0.25) is 15.9 Å². The summed E-state index contributed by atoms with van der Waals surface area (Å²) in [6.45, 7) is 8.47. The van der Waals surface area contributed by atoms with E-state index in [-0.39, 0.29) is 0 Å². The summed E-state index contributed by atoms with van der Waals surface area (Å²) in [5.41, 5.74) is 4.05. The van der Waals surface area contributed by atoms with E-state index in [2.05, 4.69) is 10.2 Å². The molecule has 2 aromatic carbocycles. The molecule has 2 aromatic rings. The Morgan fingerprint density at radius 1 is 1.07 bits per heavy atom. The summed E-state index contributed by atoms with van der Waals surface area (Å²) in [5.74, 6) is -0.390. The average molecular weight is 432 g/mol. The van der Waals surface area contributed by atoms with Crippen LogP contribution in [0.15, 0.2) is 42.5 Å². The number of nitrogens with zero attached hydrogens (tertiary/aromatic N) is 2. The molecule has 30 heavy (non-hydrogen) atoms. The quantitative estimate of drug-likeness (QED) is 0.761. The van der Waals surface area contributed by atoms with Crippen LogP contribution in [0.4, 0.5) is 17.1 Å². The van der Waals surface area contributed by atoms with Gasteiger partial charge in [0.1, 0.15) is 6.04 Å². The molecule has 3 rings (SSSR count). The minimum absolute atomic E-state index is 0.390. The number of hydrogen-bond donors (Lipinski definition) is 1. The number of hydrogen-bond acceptors (Lipinski definition) is 5. The Morgan fingerprint density at radius 3 is 2.17 bits per heavy atom. The van der Waals surface area contributed by atoms with Crippen molar-refractivity contribution in [3.63, 3.8) is 0 Å². The first kappa shape index (κ1) is 22.1. The van der Waals surface area contributed by atoms with Crippen LogP contribution in [0.1, 0.15) is 18.1 Å². The van der Waals surface area contributed by atoms with Crippen LogP contribution in [0.2, 0.25) is 0 Å². The number of anilines is 3. The topological polar surface area (TPSA) is 79.0 Å². The summed E-state index contributed by atoms with van der Waals surface area (Å²) in [6.07, 6.45) is 1.12. The second kappa shape index (κ2) is 9.06. The Morgan fingerprint density at radius 2 is 1.63 bits per heavy atom. The zero-order valence-electron chi connectivity index (χ0n) is 17.9. The van der Waals surface area contributed by atoms with E-state index in [1.165, 1.54) is 4.31 Å². The molecule has 7 nitrogen and oxygen atoms in total. The second-order valence-electron chi connectivity index (χ2n) is 7.72. The van der Waals surface area contributed by atoms with Gasteiger partial charge in [0.05, 0.1) is 25.2 Å². The Kier molecular flexibility index (Phi) is 6.67. The first-order valence-electron chi connectivity index (χ1n) is 9.96. The molecule has 0 bridgehead atoms. The monoisotopic (exact) mass is 431 g/mol. The van der Waals surface area contributed by atoms with Gasteiger partial charge in [0.15, 0.2) is 0 Å². The van der Waals surface area contributed by atoms with E-state index in [9.17, 15) is 13.2 Å². The van der Waals surface area contributed by atoms with Gasteiger partial charge in [-0.25, -0.2) is 8.42 Å². The lowest BCUT2D eigenvalue weighted by atomic mass is 10.1. The summed E-state index contributed by atoms with van der Waals surface area (Å²) in [7, 11) is -3.66. The highest BCUT2D eigenvalue weighted by atomic mass is 32.2. The molecule has 1 heterocycles. The van der Waals surface area contributed by atoms with E-state index in [0.29, 0.717) is 24.6 Å². The number of morpholine rings is 1. The summed E-state index contributed by atoms with van der Waals surface area (Å²) in [6, 6.07) is 12.2. The maximum Gasteiger partial charge on any atom is 0.247 e. The number of aryl methyl sites for hydroxylation is 2. The predicted molar refractivity (Wildman–Crippen MR) is 121 cm³/mol. The number of ether oxygens (including phenoxy) is 1. The zero-order valence-corrected chi connectivity index (χ0v) is 18.7. The van der Waals surface area contributed by atoms with Gasteiger partial charge in [0, 0.05) is 24.5 Å². The largest absolute Gasteiger partial charge is 0.378 e. The zero-order chi connectivity index (χ0) is 21.9.